The van der Waals surface area contributed by atoms with Gasteiger partial charge in [-0.3, -0.25) is 9.69 Å². The van der Waals surface area contributed by atoms with E-state index in [1.165, 1.54) is 22.3 Å². The molecule has 1 N–H and O–H groups in total. The molecule has 0 aliphatic carbocycles. The van der Waals surface area contributed by atoms with Gasteiger partial charge in [-0.1, -0.05) is 12.6 Å². The molecule has 26 heavy (non-hydrogen) atoms. The van der Waals surface area contributed by atoms with Gasteiger partial charge >= 0.3 is 6.09 Å². The van der Waals surface area contributed by atoms with Crippen LogP contribution in [0.25, 0.3) is 0 Å². The topological polar surface area (TPSA) is 74.8 Å². The first kappa shape index (κ1) is 18.5. The summed E-state index contributed by atoms with van der Waals surface area (Å²) in [5.41, 5.74) is 0.814. The Bertz CT molecular complexity index is 803. The van der Waals surface area contributed by atoms with E-state index in [1.807, 2.05) is 5.38 Å². The molecule has 2 heterocycles. The van der Waals surface area contributed by atoms with E-state index in [0.717, 1.165) is 5.01 Å². The van der Waals surface area contributed by atoms with Gasteiger partial charge in [0.25, 0.3) is 5.24 Å². The molecule has 2 amide bonds. The third kappa shape index (κ3) is 4.25. The number of thiol groups is 1. The van der Waals surface area contributed by atoms with Gasteiger partial charge in [0.1, 0.15) is 16.9 Å². The molecule has 1 fully saturated rings. The van der Waals surface area contributed by atoms with E-state index >= 15 is 0 Å². The zero-order valence-electron chi connectivity index (χ0n) is 13.9. The summed E-state index contributed by atoms with van der Waals surface area (Å²) in [4.78, 5) is 30.1. The minimum Gasteiger partial charge on any atom is -0.442 e. The van der Waals surface area contributed by atoms with E-state index in [4.69, 9.17) is 4.74 Å². The van der Waals surface area contributed by atoms with Crippen LogP contribution in [0.4, 0.5) is 25.4 Å². The second-order valence-electron chi connectivity index (χ2n) is 5.72. The molecule has 0 spiro atoms. The van der Waals surface area contributed by atoms with E-state index in [2.05, 4.69) is 22.9 Å². The lowest BCUT2D eigenvalue weighted by atomic mass is 10.2. The molecule has 10 heteroatoms. The zero-order chi connectivity index (χ0) is 18.7. The van der Waals surface area contributed by atoms with Gasteiger partial charge in [-0.25, -0.2) is 14.2 Å². The molecule has 138 valence electrons. The first-order chi connectivity index (χ1) is 12.4. The van der Waals surface area contributed by atoms with E-state index in [-0.39, 0.29) is 13.1 Å². The number of ether oxygens (including phenoxy) is 1. The summed E-state index contributed by atoms with van der Waals surface area (Å²) in [6.45, 7) is 0.869. The molecule has 1 aliphatic rings. The Hall–Kier alpha value is -2.33. The van der Waals surface area contributed by atoms with Crippen LogP contribution in [0, 0.1) is 5.82 Å². The summed E-state index contributed by atoms with van der Waals surface area (Å²) in [6, 6.07) is 4.58. The summed E-state index contributed by atoms with van der Waals surface area (Å²) in [5.74, 6) is -0.443. The second kappa shape index (κ2) is 7.92. The largest absolute Gasteiger partial charge is 0.442 e. The molecule has 7 nitrogen and oxygen atoms in total. The first-order valence-corrected chi connectivity index (χ1v) is 9.10. The summed E-state index contributed by atoms with van der Waals surface area (Å²) in [6.07, 6.45) is 0.624. The lowest BCUT2D eigenvalue weighted by Crippen LogP contribution is -2.32. The monoisotopic (exact) mass is 396 g/mol. The fraction of sp³-hybridized carbons (Fsp3) is 0.312. The summed E-state index contributed by atoms with van der Waals surface area (Å²) < 4.78 is 19.7. The van der Waals surface area contributed by atoms with Crippen LogP contribution in [0.2, 0.25) is 0 Å². The van der Waals surface area contributed by atoms with Gasteiger partial charge in [0, 0.05) is 18.6 Å². The Morgan fingerprint density at radius 3 is 3.04 bits per heavy atom. The average molecular weight is 396 g/mol. The van der Waals surface area contributed by atoms with Gasteiger partial charge in [-0.2, -0.15) is 0 Å². The third-order valence-electron chi connectivity index (χ3n) is 3.87. The molecule has 1 saturated heterocycles. The normalized spacial score (nSPS) is 16.5. The van der Waals surface area contributed by atoms with Crippen LogP contribution in [0.15, 0.2) is 29.8 Å². The number of aromatic nitrogens is 1. The van der Waals surface area contributed by atoms with E-state index in [9.17, 15) is 14.0 Å². The number of carbonyl (C=O) groups excluding carboxylic acids is 2. The number of benzene rings is 1. The van der Waals surface area contributed by atoms with Crippen LogP contribution in [0.1, 0.15) is 5.01 Å². The summed E-state index contributed by atoms with van der Waals surface area (Å²) in [7, 11) is 1.78. The predicted molar refractivity (Wildman–Crippen MR) is 101 cm³/mol. The quantitative estimate of drug-likeness (QED) is 0.735. The van der Waals surface area contributed by atoms with Crippen molar-refractivity contribution >= 4 is 46.7 Å². The SMILES string of the molecule is CN(Cc1nccs1)c1ccc(N2C[C@H](CNC(=O)S)OC2=O)cc1F. The molecule has 1 aliphatic heterocycles. The summed E-state index contributed by atoms with van der Waals surface area (Å²) in [5, 5.41) is 4.72. The maximum atomic E-state index is 14.6. The number of halogens is 1. The van der Waals surface area contributed by atoms with Crippen LogP contribution >= 0.6 is 24.0 Å². The predicted octanol–water partition coefficient (Wildman–Crippen LogP) is 2.88. The number of carbonyl (C=O) groups is 2. The van der Waals surface area contributed by atoms with Crippen LogP contribution < -0.4 is 15.1 Å². The third-order valence-corrected chi connectivity index (χ3v) is 4.79. The molecule has 0 saturated carbocycles. The van der Waals surface area contributed by atoms with Crippen molar-refractivity contribution in [2.45, 2.75) is 12.6 Å². The number of amides is 2. The molecule has 3 rings (SSSR count). The summed E-state index contributed by atoms with van der Waals surface area (Å²) >= 11 is 5.10. The van der Waals surface area contributed by atoms with Gasteiger partial charge in [0.05, 0.1) is 31.0 Å². The van der Waals surface area contributed by atoms with Gasteiger partial charge in [-0.15, -0.1) is 11.3 Å². The number of thiazole rings is 1. The van der Waals surface area contributed by atoms with Crippen molar-refractivity contribution < 1.29 is 18.7 Å². The lowest BCUT2D eigenvalue weighted by Gasteiger charge is -2.20. The number of cyclic esters (lactones) is 1. The van der Waals surface area contributed by atoms with E-state index < -0.39 is 23.3 Å². The number of nitrogens with one attached hydrogen (secondary N) is 1. The van der Waals surface area contributed by atoms with Crippen molar-refractivity contribution in [3.8, 4) is 0 Å². The van der Waals surface area contributed by atoms with Gasteiger partial charge in [-0.05, 0) is 18.2 Å². The standard InChI is InChI=1S/C16H17FN4O3S2/c1-20(9-14-18-4-5-26-14)13-3-2-10(6-12(13)17)21-8-11(24-16(21)23)7-19-15(22)25/h2-6,11H,7-9H2,1H3,(H2,19,22,25)/t11-/m0/s1. The van der Waals surface area contributed by atoms with Gasteiger partial charge in [0.15, 0.2) is 0 Å². The fourth-order valence-corrected chi connectivity index (χ4v) is 3.39. The molecule has 0 unspecified atom stereocenters. The molecule has 1 aromatic carbocycles. The van der Waals surface area contributed by atoms with E-state index in [0.29, 0.717) is 17.9 Å². The van der Waals surface area contributed by atoms with Crippen molar-refractivity contribution in [3.05, 3.63) is 40.6 Å². The molecule has 1 aromatic heterocycles. The highest BCUT2D eigenvalue weighted by atomic mass is 32.1. The van der Waals surface area contributed by atoms with Crippen molar-refractivity contribution in [1.29, 1.82) is 0 Å². The zero-order valence-corrected chi connectivity index (χ0v) is 15.6. The number of hydrogen-bond acceptors (Lipinski definition) is 6. The minimum atomic E-state index is -0.577. The highest BCUT2D eigenvalue weighted by molar-refractivity contribution is 7.96. The molecule has 0 bridgehead atoms. The molecular formula is C16H17FN4O3S2. The smallest absolute Gasteiger partial charge is 0.414 e. The maximum absolute atomic E-state index is 14.6. The Morgan fingerprint density at radius 1 is 1.58 bits per heavy atom. The van der Waals surface area contributed by atoms with Gasteiger partial charge < -0.3 is 15.0 Å². The number of rotatable bonds is 6. The minimum absolute atomic E-state index is 0.154. The van der Waals surface area contributed by atoms with Crippen LogP contribution in [-0.2, 0) is 11.3 Å². The van der Waals surface area contributed by atoms with Crippen molar-refractivity contribution in [2.75, 3.05) is 29.9 Å². The van der Waals surface area contributed by atoms with Crippen molar-refractivity contribution in [1.82, 2.24) is 10.3 Å². The number of hydrogen-bond donors (Lipinski definition) is 2. The van der Waals surface area contributed by atoms with Crippen LogP contribution in [-0.4, -0.2) is 42.6 Å². The van der Waals surface area contributed by atoms with Crippen molar-refractivity contribution in [3.63, 3.8) is 0 Å². The maximum Gasteiger partial charge on any atom is 0.414 e. The Kier molecular flexibility index (Phi) is 5.62. The highest BCUT2D eigenvalue weighted by Crippen LogP contribution is 2.28. The van der Waals surface area contributed by atoms with E-state index in [1.54, 1.807) is 30.3 Å². The molecule has 1 atom stereocenters. The number of nitrogens with zero attached hydrogens (tertiary/aromatic N) is 3. The fourth-order valence-electron chi connectivity index (χ4n) is 2.63. The number of anilines is 2. The van der Waals surface area contributed by atoms with Crippen LogP contribution in [0.3, 0.4) is 0 Å². The molecule has 0 radical (unpaired) electrons. The second-order valence-corrected chi connectivity index (χ2v) is 7.11. The lowest BCUT2D eigenvalue weighted by molar-refractivity contribution is 0.141. The Labute approximate surface area is 159 Å². The average Bonchev–Trinajstić information content (AvgIpc) is 3.22. The highest BCUT2D eigenvalue weighted by Gasteiger charge is 2.32. The molecule has 2 aromatic rings. The van der Waals surface area contributed by atoms with Crippen LogP contribution in [0.5, 0.6) is 0 Å². The Balaban J connectivity index is 1.69. The van der Waals surface area contributed by atoms with Crippen molar-refractivity contribution in [2.24, 2.45) is 0 Å². The Morgan fingerprint density at radius 2 is 2.38 bits per heavy atom. The first-order valence-electron chi connectivity index (χ1n) is 7.78. The van der Waals surface area contributed by atoms with Gasteiger partial charge in [0.2, 0.25) is 0 Å². The molecular weight excluding hydrogens is 379 g/mol.